The summed E-state index contributed by atoms with van der Waals surface area (Å²) in [6.45, 7) is 7.76. The molecule has 0 aromatic rings. The Labute approximate surface area is 425 Å². The van der Waals surface area contributed by atoms with Crippen molar-refractivity contribution in [2.24, 2.45) is 0 Å². The van der Waals surface area contributed by atoms with Gasteiger partial charge in [-0.05, 0) is 51.4 Å². The molecular weight excluding hydrogens is 837 g/mol. The minimum atomic E-state index is -0.546. The van der Waals surface area contributed by atoms with Gasteiger partial charge in [-0.15, -0.1) is 0 Å². The van der Waals surface area contributed by atoms with Gasteiger partial charge in [0.05, 0.1) is 6.61 Å². The van der Waals surface area contributed by atoms with Crippen molar-refractivity contribution in [2.75, 3.05) is 19.8 Å². The lowest BCUT2D eigenvalue weighted by Gasteiger charge is -2.18. The molecular formula is C63H118O5. The highest BCUT2D eigenvalue weighted by Gasteiger charge is 2.17. The van der Waals surface area contributed by atoms with E-state index in [1.165, 1.54) is 231 Å². The fourth-order valence-corrected chi connectivity index (χ4v) is 9.18. The van der Waals surface area contributed by atoms with Gasteiger partial charge >= 0.3 is 11.9 Å². The van der Waals surface area contributed by atoms with Crippen molar-refractivity contribution in [3.05, 3.63) is 36.5 Å². The summed E-state index contributed by atoms with van der Waals surface area (Å²) in [5.74, 6) is -0.408. The summed E-state index contributed by atoms with van der Waals surface area (Å²) in [6, 6.07) is 0. The summed E-state index contributed by atoms with van der Waals surface area (Å²) in [5, 5.41) is 0. The Morgan fingerprint density at radius 3 is 1.06 bits per heavy atom. The molecule has 0 aliphatic rings. The van der Waals surface area contributed by atoms with Gasteiger partial charge in [-0.25, -0.2) is 0 Å². The van der Waals surface area contributed by atoms with Crippen LogP contribution in [0.1, 0.15) is 329 Å². The van der Waals surface area contributed by atoms with Gasteiger partial charge in [0, 0.05) is 19.4 Å². The third-order valence-electron chi connectivity index (χ3n) is 13.7. The Hall–Kier alpha value is -1.88. The molecule has 0 spiro atoms. The average Bonchev–Trinajstić information content (AvgIpc) is 3.34. The van der Waals surface area contributed by atoms with E-state index < -0.39 is 6.10 Å². The smallest absolute Gasteiger partial charge is 0.306 e. The van der Waals surface area contributed by atoms with Crippen molar-refractivity contribution in [2.45, 2.75) is 335 Å². The van der Waals surface area contributed by atoms with E-state index in [9.17, 15) is 9.59 Å². The van der Waals surface area contributed by atoms with Crippen molar-refractivity contribution >= 4 is 11.9 Å². The molecule has 5 nitrogen and oxygen atoms in total. The van der Waals surface area contributed by atoms with Gasteiger partial charge in [-0.3, -0.25) is 9.59 Å². The molecule has 0 aromatic carbocycles. The largest absolute Gasteiger partial charge is 0.462 e. The molecule has 0 rings (SSSR count). The Balaban J connectivity index is 4.18. The summed E-state index contributed by atoms with van der Waals surface area (Å²) in [4.78, 5) is 25.5. The molecule has 68 heavy (non-hydrogen) atoms. The minimum Gasteiger partial charge on any atom is -0.462 e. The summed E-state index contributed by atoms with van der Waals surface area (Å²) in [5.41, 5.74) is 0. The van der Waals surface area contributed by atoms with E-state index in [-0.39, 0.29) is 25.2 Å². The Bertz CT molecular complexity index is 1080. The lowest BCUT2D eigenvalue weighted by Crippen LogP contribution is -2.30. The summed E-state index contributed by atoms with van der Waals surface area (Å²) in [6.07, 6.45) is 73.3. The van der Waals surface area contributed by atoms with Crippen molar-refractivity contribution in [1.82, 2.24) is 0 Å². The molecule has 0 radical (unpaired) electrons. The second-order valence-corrected chi connectivity index (χ2v) is 20.6. The molecule has 0 amide bonds. The number of hydrogen-bond acceptors (Lipinski definition) is 5. The summed E-state index contributed by atoms with van der Waals surface area (Å²) >= 11 is 0. The normalized spacial score (nSPS) is 12.3. The Morgan fingerprint density at radius 1 is 0.338 bits per heavy atom. The van der Waals surface area contributed by atoms with Crippen molar-refractivity contribution in [3.63, 3.8) is 0 Å². The monoisotopic (exact) mass is 955 g/mol. The van der Waals surface area contributed by atoms with Crippen LogP contribution < -0.4 is 0 Å². The quantitative estimate of drug-likeness (QED) is 0.0345. The number of unbranched alkanes of at least 4 members (excludes halogenated alkanes) is 40. The van der Waals surface area contributed by atoms with E-state index in [4.69, 9.17) is 14.2 Å². The standard InChI is InChI=1S/C63H118O5/c1-4-7-10-13-16-19-22-25-27-29-31-33-35-37-40-43-46-49-52-55-58-66-59-61(68-63(65)57-54-51-48-45-42-38-24-21-18-15-12-9-6-3)60-67-62(64)56-53-50-47-44-41-39-36-34-32-30-28-26-23-20-17-14-11-8-5-2/h9,12,18,21,38,42,61H,4-8,10-11,13-17,19-20,22-37,39-41,43-60H2,1-3H3/b12-9-,21-18-,42-38-. The molecule has 0 aromatic heterocycles. The first kappa shape index (κ1) is 66.1. The molecule has 0 saturated heterocycles. The fraction of sp³-hybridized carbons (Fsp3) is 0.873. The highest BCUT2D eigenvalue weighted by atomic mass is 16.6. The predicted octanol–water partition coefficient (Wildman–Crippen LogP) is 20.9. The number of hydrogen-bond donors (Lipinski definition) is 0. The first-order valence-corrected chi connectivity index (χ1v) is 30.5. The van der Waals surface area contributed by atoms with Crippen LogP contribution in [-0.4, -0.2) is 37.9 Å². The average molecular weight is 956 g/mol. The van der Waals surface area contributed by atoms with E-state index in [2.05, 4.69) is 57.2 Å². The zero-order valence-electron chi connectivity index (χ0n) is 46.1. The fourth-order valence-electron chi connectivity index (χ4n) is 9.18. The topological polar surface area (TPSA) is 61.8 Å². The molecule has 0 fully saturated rings. The molecule has 5 heteroatoms. The number of carbonyl (C=O) groups excluding carboxylic acids is 2. The van der Waals surface area contributed by atoms with Gasteiger partial charge in [0.2, 0.25) is 0 Å². The third kappa shape index (κ3) is 56.7. The van der Waals surface area contributed by atoms with Gasteiger partial charge in [-0.2, -0.15) is 0 Å². The zero-order valence-corrected chi connectivity index (χ0v) is 46.1. The second-order valence-electron chi connectivity index (χ2n) is 20.6. The van der Waals surface area contributed by atoms with Crippen LogP contribution in [0.25, 0.3) is 0 Å². The van der Waals surface area contributed by atoms with E-state index in [1.54, 1.807) is 0 Å². The number of carbonyl (C=O) groups is 2. The number of rotatable bonds is 57. The third-order valence-corrected chi connectivity index (χ3v) is 13.7. The first-order chi connectivity index (χ1) is 33.6. The molecule has 0 heterocycles. The second kappa shape index (κ2) is 59.4. The predicted molar refractivity (Wildman–Crippen MR) is 298 cm³/mol. The van der Waals surface area contributed by atoms with Crippen LogP contribution >= 0.6 is 0 Å². The van der Waals surface area contributed by atoms with Crippen LogP contribution in [0.3, 0.4) is 0 Å². The highest BCUT2D eigenvalue weighted by Crippen LogP contribution is 2.17. The van der Waals surface area contributed by atoms with E-state index >= 15 is 0 Å². The van der Waals surface area contributed by atoms with Crippen molar-refractivity contribution < 1.29 is 23.8 Å². The lowest BCUT2D eigenvalue weighted by atomic mass is 10.0. The summed E-state index contributed by atoms with van der Waals surface area (Å²) < 4.78 is 17.5. The van der Waals surface area contributed by atoms with Crippen molar-refractivity contribution in [3.8, 4) is 0 Å². The van der Waals surface area contributed by atoms with Crippen LogP contribution in [0, 0.1) is 0 Å². The first-order valence-electron chi connectivity index (χ1n) is 30.5. The van der Waals surface area contributed by atoms with E-state index in [1.807, 2.05) is 0 Å². The molecule has 400 valence electrons. The maximum Gasteiger partial charge on any atom is 0.306 e. The van der Waals surface area contributed by atoms with Gasteiger partial charge in [0.25, 0.3) is 0 Å². The van der Waals surface area contributed by atoms with Crippen LogP contribution in [0.4, 0.5) is 0 Å². The molecule has 1 atom stereocenters. The number of ether oxygens (including phenoxy) is 3. The maximum atomic E-state index is 12.8. The zero-order chi connectivity index (χ0) is 49.2. The molecule has 0 N–H and O–H groups in total. The van der Waals surface area contributed by atoms with Crippen LogP contribution in [-0.2, 0) is 23.8 Å². The lowest BCUT2D eigenvalue weighted by molar-refractivity contribution is -0.163. The van der Waals surface area contributed by atoms with Gasteiger partial charge < -0.3 is 14.2 Å². The molecule has 0 saturated carbocycles. The van der Waals surface area contributed by atoms with Gasteiger partial charge in [0.15, 0.2) is 6.10 Å². The minimum absolute atomic E-state index is 0.0804. The number of esters is 2. The van der Waals surface area contributed by atoms with Gasteiger partial charge in [0.1, 0.15) is 6.61 Å². The van der Waals surface area contributed by atoms with Crippen LogP contribution in [0.5, 0.6) is 0 Å². The maximum absolute atomic E-state index is 12.8. The molecule has 0 aliphatic carbocycles. The number of allylic oxidation sites excluding steroid dienone is 6. The van der Waals surface area contributed by atoms with Gasteiger partial charge in [-0.1, -0.05) is 301 Å². The molecule has 1 unspecified atom stereocenters. The Kier molecular flexibility index (Phi) is 57.8. The van der Waals surface area contributed by atoms with Crippen molar-refractivity contribution in [1.29, 1.82) is 0 Å². The summed E-state index contributed by atoms with van der Waals surface area (Å²) in [7, 11) is 0. The van der Waals surface area contributed by atoms with Crippen LogP contribution in [0.2, 0.25) is 0 Å². The Morgan fingerprint density at radius 2 is 0.662 bits per heavy atom. The van der Waals surface area contributed by atoms with Crippen LogP contribution in [0.15, 0.2) is 36.5 Å². The van der Waals surface area contributed by atoms with E-state index in [0.717, 1.165) is 64.2 Å². The molecule has 0 aliphatic heterocycles. The van der Waals surface area contributed by atoms with E-state index in [0.29, 0.717) is 19.4 Å². The molecule has 0 bridgehead atoms. The highest BCUT2D eigenvalue weighted by molar-refractivity contribution is 5.70. The SMILES string of the molecule is CC/C=C\C/C=C\C/C=C\CCCCCC(=O)OC(COCCCCCCCCCCCCCCCCCCCCCC)COC(=O)CCCCCCCCCCCCCCCCCCCCC.